The summed E-state index contributed by atoms with van der Waals surface area (Å²) in [6, 6.07) is 0. The van der Waals surface area contributed by atoms with E-state index >= 15 is 0 Å². The first kappa shape index (κ1) is 11.3. The molecule has 0 radical (unpaired) electrons. The first-order valence-corrected chi connectivity index (χ1v) is 6.18. The summed E-state index contributed by atoms with van der Waals surface area (Å²) in [5.74, 6) is -0.106. The molecule has 0 atom stereocenters. The molecule has 1 aromatic heterocycles. The molecule has 5 heteroatoms. The van der Waals surface area contributed by atoms with Crippen molar-refractivity contribution in [2.24, 2.45) is 0 Å². The van der Waals surface area contributed by atoms with E-state index in [9.17, 15) is 4.79 Å². The van der Waals surface area contributed by atoms with Crippen molar-refractivity contribution >= 4 is 23.3 Å². The van der Waals surface area contributed by atoms with Crippen LogP contribution in [-0.4, -0.2) is 29.1 Å². The van der Waals surface area contributed by atoms with Crippen LogP contribution in [0.15, 0.2) is 11.5 Å². The minimum absolute atomic E-state index is 0.106. The highest BCUT2D eigenvalue weighted by molar-refractivity contribution is 7.09. The van der Waals surface area contributed by atoms with Gasteiger partial charge in [-0.15, -0.1) is 11.3 Å². The van der Waals surface area contributed by atoms with Gasteiger partial charge >= 0.3 is 0 Å². The van der Waals surface area contributed by atoms with Crippen molar-refractivity contribution in [3.05, 3.63) is 22.2 Å². The minimum Gasteiger partial charge on any atom is -0.271 e. The molecule has 16 heavy (non-hydrogen) atoms. The van der Waals surface area contributed by atoms with Gasteiger partial charge in [0.15, 0.2) is 0 Å². The minimum atomic E-state index is -0.106. The Morgan fingerprint density at radius 3 is 3.12 bits per heavy atom. The normalized spacial score (nSPS) is 16.9. The predicted molar refractivity (Wildman–Crippen MR) is 62.8 cm³/mol. The molecule has 0 saturated carbocycles. The second-order valence-electron chi connectivity index (χ2n) is 3.61. The number of carbonyl (C=O) groups is 1. The Labute approximate surface area is 98.5 Å². The fraction of sp³-hybridized carbons (Fsp3) is 0.455. The molecule has 86 valence electrons. The summed E-state index contributed by atoms with van der Waals surface area (Å²) < 4.78 is 0. The number of nitrogens with zero attached hydrogens (tertiary/aromatic N) is 2. The molecule has 1 fully saturated rings. The molecule has 1 amide bonds. The lowest BCUT2D eigenvalue weighted by Crippen LogP contribution is -2.34. The van der Waals surface area contributed by atoms with Gasteiger partial charge < -0.3 is 0 Å². The maximum absolute atomic E-state index is 11.7. The van der Waals surface area contributed by atoms with Gasteiger partial charge in [0, 0.05) is 18.0 Å². The van der Waals surface area contributed by atoms with Gasteiger partial charge in [-0.2, -0.15) is 0 Å². The van der Waals surface area contributed by atoms with E-state index in [-0.39, 0.29) is 5.91 Å². The average Bonchev–Trinajstić information content (AvgIpc) is 2.73. The Hall–Kier alpha value is -1.20. The van der Waals surface area contributed by atoms with Gasteiger partial charge in [0.05, 0.1) is 17.3 Å². The maximum Gasteiger partial charge on any atom is 0.270 e. The summed E-state index contributed by atoms with van der Waals surface area (Å²) in [7, 11) is 0. The topological polar surface area (TPSA) is 42.4 Å². The molecular formula is C11H14N2O2S. The molecule has 0 aromatic carbocycles. The van der Waals surface area contributed by atoms with Gasteiger partial charge in [-0.3, -0.25) is 9.63 Å². The monoisotopic (exact) mass is 238 g/mol. The maximum atomic E-state index is 11.7. The number of carbonyl (C=O) groups excluding carboxylic acids is 1. The number of aryl methyl sites for hydroxylation is 1. The highest BCUT2D eigenvalue weighted by Gasteiger charge is 2.14. The molecular weight excluding hydrogens is 224 g/mol. The Kier molecular flexibility index (Phi) is 3.69. The standard InChI is InChI=1S/C11H14N2O2S/c1-9-12-10(8-16-9)4-5-11(14)13-6-2-3-7-15-13/h4-5,8H,2-3,6-7H2,1H3/b5-4+. The number of amides is 1. The van der Waals surface area contributed by atoms with Gasteiger partial charge in [0.1, 0.15) is 0 Å². The molecule has 0 unspecified atom stereocenters. The number of hydrogen-bond acceptors (Lipinski definition) is 4. The molecule has 0 aliphatic carbocycles. The van der Waals surface area contributed by atoms with Crippen molar-refractivity contribution in [2.75, 3.05) is 13.2 Å². The molecule has 1 aromatic rings. The molecule has 1 aliphatic rings. The quantitative estimate of drug-likeness (QED) is 0.740. The summed E-state index contributed by atoms with van der Waals surface area (Å²) in [4.78, 5) is 21.2. The van der Waals surface area contributed by atoms with E-state index < -0.39 is 0 Å². The second-order valence-corrected chi connectivity index (χ2v) is 4.67. The first-order valence-electron chi connectivity index (χ1n) is 5.30. The van der Waals surface area contributed by atoms with Crippen LogP contribution in [0.5, 0.6) is 0 Å². The summed E-state index contributed by atoms with van der Waals surface area (Å²) in [6.07, 6.45) is 5.28. The molecule has 2 heterocycles. The van der Waals surface area contributed by atoms with E-state index in [4.69, 9.17) is 4.84 Å². The fourth-order valence-corrected chi connectivity index (χ4v) is 2.05. The van der Waals surface area contributed by atoms with Gasteiger partial charge in [0.25, 0.3) is 5.91 Å². The lowest BCUT2D eigenvalue weighted by molar-refractivity contribution is -0.191. The van der Waals surface area contributed by atoms with Crippen LogP contribution in [0.1, 0.15) is 23.5 Å². The van der Waals surface area contributed by atoms with Crippen LogP contribution in [0.2, 0.25) is 0 Å². The fourth-order valence-electron chi connectivity index (χ4n) is 1.47. The molecule has 1 saturated heterocycles. The lowest BCUT2D eigenvalue weighted by Gasteiger charge is -2.24. The van der Waals surface area contributed by atoms with Crippen molar-refractivity contribution in [2.45, 2.75) is 19.8 Å². The molecule has 2 rings (SSSR count). The van der Waals surface area contributed by atoms with Crippen LogP contribution in [0.4, 0.5) is 0 Å². The van der Waals surface area contributed by atoms with Crippen LogP contribution in [0.3, 0.4) is 0 Å². The van der Waals surface area contributed by atoms with Gasteiger partial charge in [-0.25, -0.2) is 10.0 Å². The van der Waals surface area contributed by atoms with E-state index in [0.29, 0.717) is 13.2 Å². The second kappa shape index (κ2) is 5.23. The van der Waals surface area contributed by atoms with E-state index in [2.05, 4.69) is 4.98 Å². The molecule has 0 spiro atoms. The number of aromatic nitrogens is 1. The Morgan fingerprint density at radius 2 is 2.50 bits per heavy atom. The Bertz CT molecular complexity index is 394. The molecule has 0 bridgehead atoms. The van der Waals surface area contributed by atoms with Gasteiger partial charge in [0.2, 0.25) is 0 Å². The average molecular weight is 238 g/mol. The van der Waals surface area contributed by atoms with Crippen LogP contribution in [0, 0.1) is 6.92 Å². The van der Waals surface area contributed by atoms with E-state index in [1.807, 2.05) is 12.3 Å². The largest absolute Gasteiger partial charge is 0.271 e. The number of thiazole rings is 1. The van der Waals surface area contributed by atoms with Crippen LogP contribution >= 0.6 is 11.3 Å². The van der Waals surface area contributed by atoms with Crippen LogP contribution in [-0.2, 0) is 9.63 Å². The van der Waals surface area contributed by atoms with Crippen LogP contribution < -0.4 is 0 Å². The van der Waals surface area contributed by atoms with E-state index in [0.717, 1.165) is 23.5 Å². The summed E-state index contributed by atoms with van der Waals surface area (Å²) in [5.41, 5.74) is 0.827. The van der Waals surface area contributed by atoms with Crippen molar-refractivity contribution in [1.82, 2.24) is 10.0 Å². The van der Waals surface area contributed by atoms with Crippen molar-refractivity contribution < 1.29 is 9.63 Å². The third kappa shape index (κ3) is 2.90. The third-order valence-corrected chi connectivity index (χ3v) is 3.07. The zero-order valence-electron chi connectivity index (χ0n) is 9.18. The smallest absolute Gasteiger partial charge is 0.270 e. The number of hydroxylamine groups is 2. The molecule has 0 N–H and O–H groups in total. The van der Waals surface area contributed by atoms with Crippen LogP contribution in [0.25, 0.3) is 6.08 Å². The Morgan fingerprint density at radius 1 is 1.62 bits per heavy atom. The van der Waals surface area contributed by atoms with E-state index in [1.54, 1.807) is 17.4 Å². The van der Waals surface area contributed by atoms with Crippen molar-refractivity contribution in [3.8, 4) is 0 Å². The number of hydrogen-bond donors (Lipinski definition) is 0. The third-order valence-electron chi connectivity index (χ3n) is 2.28. The summed E-state index contributed by atoms with van der Waals surface area (Å²) >= 11 is 1.57. The van der Waals surface area contributed by atoms with Crippen molar-refractivity contribution in [3.63, 3.8) is 0 Å². The van der Waals surface area contributed by atoms with Gasteiger partial charge in [-0.1, -0.05) is 0 Å². The molecule has 4 nitrogen and oxygen atoms in total. The summed E-state index contributed by atoms with van der Waals surface area (Å²) in [5, 5.41) is 4.34. The first-order chi connectivity index (χ1) is 7.75. The van der Waals surface area contributed by atoms with E-state index in [1.165, 1.54) is 11.1 Å². The highest BCUT2D eigenvalue weighted by Crippen LogP contribution is 2.10. The summed E-state index contributed by atoms with van der Waals surface area (Å²) in [6.45, 7) is 3.26. The predicted octanol–water partition coefficient (Wildman–Crippen LogP) is 2.02. The SMILES string of the molecule is Cc1nc(/C=C/C(=O)N2CCCCO2)cs1. The van der Waals surface area contributed by atoms with Gasteiger partial charge in [-0.05, 0) is 25.8 Å². The molecule has 1 aliphatic heterocycles. The zero-order chi connectivity index (χ0) is 11.4. The zero-order valence-corrected chi connectivity index (χ0v) is 10.00. The number of rotatable bonds is 2. The Balaban J connectivity index is 1.93. The van der Waals surface area contributed by atoms with Crippen molar-refractivity contribution in [1.29, 1.82) is 0 Å². The lowest BCUT2D eigenvalue weighted by atomic mass is 10.3. The highest BCUT2D eigenvalue weighted by atomic mass is 32.1.